The number of methoxy groups -OCH3 is 2. The molecule has 0 fully saturated rings. The first kappa shape index (κ1) is 23.4. The molecule has 0 aromatic heterocycles. The molecule has 2 rings (SSSR count). The fourth-order valence-corrected chi connectivity index (χ4v) is 2.73. The van der Waals surface area contributed by atoms with Gasteiger partial charge in [0, 0.05) is 18.2 Å². The number of nitrogens with zero attached hydrogens (tertiary/aromatic N) is 1. The lowest BCUT2D eigenvalue weighted by Crippen LogP contribution is -2.24. The fourth-order valence-electron chi connectivity index (χ4n) is 2.73. The van der Waals surface area contributed by atoms with Crippen LogP contribution in [0.4, 0.5) is 0 Å². The van der Waals surface area contributed by atoms with Crippen LogP contribution in [0.5, 0.6) is 23.0 Å². The van der Waals surface area contributed by atoms with Crippen LogP contribution in [0.3, 0.4) is 0 Å². The van der Waals surface area contributed by atoms with Gasteiger partial charge in [-0.05, 0) is 42.8 Å². The molecule has 0 aliphatic heterocycles. The molecule has 0 bridgehead atoms. The molecular weight excluding hydrogens is 396 g/mol. The predicted octanol–water partition coefficient (Wildman–Crippen LogP) is 3.89. The van der Waals surface area contributed by atoms with Crippen LogP contribution in [0.1, 0.15) is 18.1 Å². The van der Waals surface area contributed by atoms with Gasteiger partial charge in [-0.25, -0.2) is 0 Å². The summed E-state index contributed by atoms with van der Waals surface area (Å²) in [5.41, 5.74) is 1.37. The summed E-state index contributed by atoms with van der Waals surface area (Å²) < 4.78 is 21.7. The molecule has 0 spiro atoms. The molecule has 31 heavy (non-hydrogen) atoms. The number of nitrogens with one attached hydrogen (secondary N) is 1. The Balaban J connectivity index is 2.17. The molecule has 0 atom stereocenters. The minimum absolute atomic E-state index is 0.0327. The van der Waals surface area contributed by atoms with Gasteiger partial charge < -0.3 is 24.3 Å². The van der Waals surface area contributed by atoms with Crippen LogP contribution in [0.15, 0.2) is 54.6 Å². The zero-order valence-corrected chi connectivity index (χ0v) is 17.9. The van der Waals surface area contributed by atoms with Gasteiger partial charge in [0.1, 0.15) is 29.7 Å². The molecular formula is C24H26N2O5. The highest BCUT2D eigenvalue weighted by Crippen LogP contribution is 2.29. The molecule has 0 aliphatic carbocycles. The Morgan fingerprint density at radius 1 is 1.10 bits per heavy atom. The number of carbonyl (C=O) groups excluding carboxylic acids is 1. The largest absolute Gasteiger partial charge is 0.497 e. The third-order valence-electron chi connectivity index (χ3n) is 4.23. The van der Waals surface area contributed by atoms with E-state index in [1.165, 1.54) is 6.08 Å². The van der Waals surface area contributed by atoms with Gasteiger partial charge in [0.05, 0.1) is 20.8 Å². The molecule has 0 heterocycles. The third-order valence-corrected chi connectivity index (χ3v) is 4.23. The lowest BCUT2D eigenvalue weighted by atomic mass is 10.1. The van der Waals surface area contributed by atoms with Crippen LogP contribution in [0.25, 0.3) is 6.08 Å². The van der Waals surface area contributed by atoms with Crippen molar-refractivity contribution in [1.29, 1.82) is 5.26 Å². The van der Waals surface area contributed by atoms with Crippen LogP contribution in [0, 0.1) is 11.3 Å². The molecule has 7 heteroatoms. The van der Waals surface area contributed by atoms with Crippen molar-refractivity contribution in [3.63, 3.8) is 0 Å². The quantitative estimate of drug-likeness (QED) is 0.336. The molecule has 162 valence electrons. The Morgan fingerprint density at radius 2 is 1.90 bits per heavy atom. The maximum Gasteiger partial charge on any atom is 0.262 e. The van der Waals surface area contributed by atoms with E-state index in [9.17, 15) is 10.1 Å². The lowest BCUT2D eigenvalue weighted by molar-refractivity contribution is -0.117. The van der Waals surface area contributed by atoms with Crippen LogP contribution in [-0.2, 0) is 11.3 Å². The number of rotatable bonds is 11. The number of hydrogen-bond acceptors (Lipinski definition) is 6. The van der Waals surface area contributed by atoms with Gasteiger partial charge in [-0.3, -0.25) is 4.79 Å². The molecule has 0 aliphatic rings. The van der Waals surface area contributed by atoms with Crippen LogP contribution < -0.4 is 24.3 Å². The summed E-state index contributed by atoms with van der Waals surface area (Å²) in [4.78, 5) is 12.6. The van der Waals surface area contributed by atoms with Crippen LogP contribution in [-0.4, -0.2) is 33.3 Å². The first-order valence-corrected chi connectivity index (χ1v) is 9.67. The Kier molecular flexibility index (Phi) is 8.99. The SMILES string of the molecule is C=CCOc1ccc(/C=C(\C#N)C(=O)NCc2ccc(OC)cc2OC)cc1OCC. The summed E-state index contributed by atoms with van der Waals surface area (Å²) >= 11 is 0. The minimum atomic E-state index is -0.495. The summed E-state index contributed by atoms with van der Waals surface area (Å²) in [6.07, 6.45) is 3.14. The van der Waals surface area contributed by atoms with E-state index in [2.05, 4.69) is 11.9 Å². The molecule has 2 aromatic carbocycles. The van der Waals surface area contributed by atoms with Crippen molar-refractivity contribution in [3.05, 3.63) is 65.8 Å². The Hall–Kier alpha value is -3.92. The van der Waals surface area contributed by atoms with Crippen molar-refractivity contribution >= 4 is 12.0 Å². The van der Waals surface area contributed by atoms with Gasteiger partial charge in [0.25, 0.3) is 5.91 Å². The van der Waals surface area contributed by atoms with E-state index in [-0.39, 0.29) is 12.1 Å². The zero-order chi connectivity index (χ0) is 22.6. The summed E-state index contributed by atoms with van der Waals surface area (Å²) in [5.74, 6) is 1.83. The van der Waals surface area contributed by atoms with Gasteiger partial charge >= 0.3 is 0 Å². The van der Waals surface area contributed by atoms with Crippen LogP contribution >= 0.6 is 0 Å². The molecule has 1 amide bonds. The highest BCUT2D eigenvalue weighted by molar-refractivity contribution is 6.01. The normalized spacial score (nSPS) is 10.6. The van der Waals surface area contributed by atoms with Crippen molar-refractivity contribution in [2.24, 2.45) is 0 Å². The predicted molar refractivity (Wildman–Crippen MR) is 118 cm³/mol. The zero-order valence-electron chi connectivity index (χ0n) is 17.9. The average molecular weight is 422 g/mol. The van der Waals surface area contributed by atoms with Gasteiger partial charge in [0.2, 0.25) is 0 Å². The number of amides is 1. The van der Waals surface area contributed by atoms with E-state index < -0.39 is 5.91 Å². The van der Waals surface area contributed by atoms with Crippen molar-refractivity contribution in [2.45, 2.75) is 13.5 Å². The monoisotopic (exact) mass is 422 g/mol. The van der Waals surface area contributed by atoms with Crippen LogP contribution in [0.2, 0.25) is 0 Å². The molecule has 0 saturated heterocycles. The molecule has 7 nitrogen and oxygen atoms in total. The lowest BCUT2D eigenvalue weighted by Gasteiger charge is -2.12. The first-order valence-electron chi connectivity index (χ1n) is 9.67. The molecule has 2 aromatic rings. The van der Waals surface area contributed by atoms with Gasteiger partial charge in [-0.1, -0.05) is 18.7 Å². The van der Waals surface area contributed by atoms with Gasteiger partial charge in [-0.2, -0.15) is 5.26 Å². The van der Waals surface area contributed by atoms with E-state index in [4.69, 9.17) is 18.9 Å². The van der Waals surface area contributed by atoms with Gasteiger partial charge in [0.15, 0.2) is 11.5 Å². The summed E-state index contributed by atoms with van der Waals surface area (Å²) in [6, 6.07) is 12.4. The standard InChI is InChI=1S/C24H26N2O5/c1-5-11-31-21-10-7-17(13-23(21)30-6-2)12-19(15-25)24(27)26-16-18-8-9-20(28-3)14-22(18)29-4/h5,7-10,12-14H,1,6,11,16H2,2-4H3,(H,26,27)/b19-12+. The highest BCUT2D eigenvalue weighted by atomic mass is 16.5. The average Bonchev–Trinajstić information content (AvgIpc) is 2.80. The Labute approximate surface area is 182 Å². The van der Waals surface area contributed by atoms with Crippen molar-refractivity contribution in [3.8, 4) is 29.1 Å². The van der Waals surface area contributed by atoms with E-state index in [0.29, 0.717) is 41.8 Å². The Bertz CT molecular complexity index is 992. The second-order valence-electron chi connectivity index (χ2n) is 6.27. The smallest absolute Gasteiger partial charge is 0.262 e. The second-order valence-corrected chi connectivity index (χ2v) is 6.27. The van der Waals surface area contributed by atoms with E-state index in [1.807, 2.05) is 13.0 Å². The van der Waals surface area contributed by atoms with Crippen molar-refractivity contribution in [1.82, 2.24) is 5.32 Å². The maximum atomic E-state index is 12.6. The number of nitriles is 1. The second kappa shape index (κ2) is 11.9. The summed E-state index contributed by atoms with van der Waals surface area (Å²) in [6.45, 7) is 6.48. The minimum Gasteiger partial charge on any atom is -0.497 e. The molecule has 0 unspecified atom stereocenters. The van der Waals surface area contributed by atoms with Crippen molar-refractivity contribution in [2.75, 3.05) is 27.4 Å². The Morgan fingerprint density at radius 3 is 2.55 bits per heavy atom. The van der Waals surface area contributed by atoms with E-state index in [1.54, 1.807) is 56.7 Å². The third kappa shape index (κ3) is 6.54. The first-order chi connectivity index (χ1) is 15.1. The number of carbonyl (C=O) groups is 1. The van der Waals surface area contributed by atoms with Gasteiger partial charge in [-0.15, -0.1) is 0 Å². The molecule has 0 saturated carbocycles. The van der Waals surface area contributed by atoms with E-state index >= 15 is 0 Å². The number of hydrogen-bond donors (Lipinski definition) is 1. The van der Waals surface area contributed by atoms with Crippen molar-refractivity contribution < 1.29 is 23.7 Å². The number of ether oxygens (including phenoxy) is 4. The van der Waals surface area contributed by atoms with E-state index in [0.717, 1.165) is 5.56 Å². The molecule has 0 radical (unpaired) electrons. The summed E-state index contributed by atoms with van der Waals surface area (Å²) in [7, 11) is 3.11. The topological polar surface area (TPSA) is 89.8 Å². The fraction of sp³-hybridized carbons (Fsp3) is 0.250. The maximum absolute atomic E-state index is 12.6. The summed E-state index contributed by atoms with van der Waals surface area (Å²) in [5, 5.41) is 12.2. The highest BCUT2D eigenvalue weighted by Gasteiger charge is 2.12. The number of benzene rings is 2. The molecule has 1 N–H and O–H groups in total.